The van der Waals surface area contributed by atoms with Gasteiger partial charge in [0.15, 0.2) is 0 Å². The fraction of sp³-hybridized carbons (Fsp3) is 0.176. The molecule has 0 aliphatic rings. The van der Waals surface area contributed by atoms with Crippen molar-refractivity contribution in [1.29, 1.82) is 5.26 Å². The summed E-state index contributed by atoms with van der Waals surface area (Å²) in [6.07, 6.45) is 5.17. The highest BCUT2D eigenvalue weighted by Gasteiger charge is 2.14. The zero-order valence-corrected chi connectivity index (χ0v) is 12.8. The van der Waals surface area contributed by atoms with Crippen LogP contribution < -0.4 is 10.3 Å². The lowest BCUT2D eigenvalue weighted by atomic mass is 9.97. The van der Waals surface area contributed by atoms with Crippen molar-refractivity contribution in [3.8, 4) is 22.9 Å². The minimum absolute atomic E-state index is 0.0847. The van der Waals surface area contributed by atoms with Crippen molar-refractivity contribution in [3.63, 3.8) is 0 Å². The molecule has 0 atom stereocenters. The third kappa shape index (κ3) is 3.01. The number of aromatic nitrogens is 1. The summed E-state index contributed by atoms with van der Waals surface area (Å²) < 4.78 is 5.37. The number of pyridine rings is 1. The summed E-state index contributed by atoms with van der Waals surface area (Å²) in [6, 6.07) is 9.46. The van der Waals surface area contributed by atoms with Crippen LogP contribution in [0.5, 0.6) is 5.75 Å². The number of benzene rings is 1. The topological polar surface area (TPSA) is 69.1 Å². The molecule has 0 aliphatic carbocycles. The number of hydrogen-bond acceptors (Lipinski definition) is 4. The van der Waals surface area contributed by atoms with E-state index in [1.807, 2.05) is 49.3 Å². The van der Waals surface area contributed by atoms with Gasteiger partial charge in [-0.05, 0) is 18.3 Å². The molecule has 0 saturated carbocycles. The Morgan fingerprint density at radius 1 is 1.27 bits per heavy atom. The number of para-hydroxylation sites is 1. The van der Waals surface area contributed by atoms with E-state index in [-0.39, 0.29) is 5.56 Å². The van der Waals surface area contributed by atoms with E-state index in [0.29, 0.717) is 11.3 Å². The van der Waals surface area contributed by atoms with E-state index in [0.717, 1.165) is 11.1 Å². The van der Waals surface area contributed by atoms with E-state index < -0.39 is 5.56 Å². The summed E-state index contributed by atoms with van der Waals surface area (Å²) in [6.45, 7) is 0. The Labute approximate surface area is 129 Å². The highest BCUT2D eigenvalue weighted by Crippen LogP contribution is 2.32. The van der Waals surface area contributed by atoms with Crippen LogP contribution >= 0.6 is 0 Å². The van der Waals surface area contributed by atoms with Crippen LogP contribution in [0.1, 0.15) is 11.1 Å². The Morgan fingerprint density at radius 3 is 2.64 bits per heavy atom. The molecule has 1 aromatic heterocycles. The highest BCUT2D eigenvalue weighted by molar-refractivity contribution is 5.81. The van der Waals surface area contributed by atoms with Crippen LogP contribution in [0.2, 0.25) is 0 Å². The van der Waals surface area contributed by atoms with Crippen LogP contribution in [0.25, 0.3) is 17.2 Å². The maximum atomic E-state index is 11.9. The molecule has 5 nitrogen and oxygen atoms in total. The Morgan fingerprint density at radius 2 is 2.00 bits per heavy atom. The SMILES string of the molecule is COc1ccccc1-c1c[nH]c(=O)c(C#N)c1C=CN(C)C. The van der Waals surface area contributed by atoms with Gasteiger partial charge in [0.25, 0.3) is 5.56 Å². The normalized spacial score (nSPS) is 10.5. The van der Waals surface area contributed by atoms with Crippen molar-refractivity contribution >= 4 is 6.08 Å². The fourth-order valence-electron chi connectivity index (χ4n) is 2.14. The Hall–Kier alpha value is -3.00. The van der Waals surface area contributed by atoms with Gasteiger partial charge < -0.3 is 14.6 Å². The first-order valence-corrected chi connectivity index (χ1v) is 6.72. The minimum atomic E-state index is -0.403. The Bertz CT molecular complexity index is 798. The van der Waals surface area contributed by atoms with E-state index in [4.69, 9.17) is 4.74 Å². The summed E-state index contributed by atoms with van der Waals surface area (Å²) in [7, 11) is 5.34. The van der Waals surface area contributed by atoms with Gasteiger partial charge in [0.1, 0.15) is 17.4 Å². The van der Waals surface area contributed by atoms with Gasteiger partial charge in [0, 0.05) is 37.0 Å². The summed E-state index contributed by atoms with van der Waals surface area (Å²) in [4.78, 5) is 16.4. The maximum Gasteiger partial charge on any atom is 0.266 e. The van der Waals surface area contributed by atoms with Crippen molar-refractivity contribution in [2.75, 3.05) is 21.2 Å². The average molecular weight is 295 g/mol. The van der Waals surface area contributed by atoms with Gasteiger partial charge in [0.2, 0.25) is 0 Å². The van der Waals surface area contributed by atoms with Gasteiger partial charge in [-0.1, -0.05) is 18.2 Å². The molecule has 0 radical (unpaired) electrons. The van der Waals surface area contributed by atoms with Crippen molar-refractivity contribution in [2.24, 2.45) is 0 Å². The first-order chi connectivity index (χ1) is 10.6. The first-order valence-electron chi connectivity index (χ1n) is 6.72. The van der Waals surface area contributed by atoms with Crippen LogP contribution in [0, 0.1) is 11.3 Å². The van der Waals surface area contributed by atoms with E-state index in [2.05, 4.69) is 4.98 Å². The van der Waals surface area contributed by atoms with Gasteiger partial charge in [-0.15, -0.1) is 0 Å². The molecule has 0 amide bonds. The lowest BCUT2D eigenvalue weighted by molar-refractivity contribution is 0.416. The maximum absolute atomic E-state index is 11.9. The van der Waals surface area contributed by atoms with Crippen molar-refractivity contribution in [1.82, 2.24) is 9.88 Å². The molecule has 0 saturated heterocycles. The second kappa shape index (κ2) is 6.64. The van der Waals surface area contributed by atoms with E-state index in [9.17, 15) is 10.1 Å². The minimum Gasteiger partial charge on any atom is -0.496 e. The van der Waals surface area contributed by atoms with E-state index >= 15 is 0 Å². The molecule has 5 heteroatoms. The molecule has 0 unspecified atom stereocenters. The molecule has 0 fully saturated rings. The Kier molecular flexibility index (Phi) is 4.64. The molecule has 22 heavy (non-hydrogen) atoms. The zero-order valence-electron chi connectivity index (χ0n) is 12.8. The fourth-order valence-corrected chi connectivity index (χ4v) is 2.14. The molecule has 2 rings (SSSR count). The van der Waals surface area contributed by atoms with Crippen LogP contribution in [0.15, 0.2) is 41.5 Å². The van der Waals surface area contributed by atoms with Crippen LogP contribution in [0.4, 0.5) is 0 Å². The Balaban J connectivity index is 2.76. The molecule has 1 aromatic carbocycles. The van der Waals surface area contributed by atoms with Gasteiger partial charge in [-0.3, -0.25) is 4.79 Å². The summed E-state index contributed by atoms with van der Waals surface area (Å²) in [5.41, 5.74) is 1.81. The summed E-state index contributed by atoms with van der Waals surface area (Å²) in [5, 5.41) is 9.31. The zero-order chi connectivity index (χ0) is 16.1. The monoisotopic (exact) mass is 295 g/mol. The van der Waals surface area contributed by atoms with Gasteiger partial charge >= 0.3 is 0 Å². The number of nitrogens with one attached hydrogen (secondary N) is 1. The molecular weight excluding hydrogens is 278 g/mol. The number of nitrogens with zero attached hydrogens (tertiary/aromatic N) is 2. The van der Waals surface area contributed by atoms with Gasteiger partial charge in [-0.25, -0.2) is 0 Å². The predicted molar refractivity (Wildman–Crippen MR) is 86.5 cm³/mol. The van der Waals surface area contributed by atoms with Crippen molar-refractivity contribution < 1.29 is 4.74 Å². The number of methoxy groups -OCH3 is 1. The van der Waals surface area contributed by atoms with Crippen LogP contribution in [-0.4, -0.2) is 31.1 Å². The van der Waals surface area contributed by atoms with Gasteiger partial charge in [-0.2, -0.15) is 5.26 Å². The lowest BCUT2D eigenvalue weighted by Gasteiger charge is -2.12. The molecule has 0 aliphatic heterocycles. The summed E-state index contributed by atoms with van der Waals surface area (Å²) >= 11 is 0. The standard InChI is InChI=1S/C17H17N3O2/c1-20(2)9-8-12-14(10-18)17(21)19-11-15(12)13-6-4-5-7-16(13)22-3/h4-9,11H,1-3H3,(H,19,21). The average Bonchev–Trinajstić information content (AvgIpc) is 2.52. The number of hydrogen-bond donors (Lipinski definition) is 1. The molecular formula is C17H17N3O2. The van der Waals surface area contributed by atoms with Crippen LogP contribution in [0.3, 0.4) is 0 Å². The number of aromatic amines is 1. The third-order valence-electron chi connectivity index (χ3n) is 3.18. The number of H-pyrrole nitrogens is 1. The molecule has 0 bridgehead atoms. The van der Waals surface area contributed by atoms with E-state index in [1.54, 1.807) is 25.6 Å². The van der Waals surface area contributed by atoms with Crippen molar-refractivity contribution in [3.05, 3.63) is 58.1 Å². The smallest absolute Gasteiger partial charge is 0.266 e. The lowest BCUT2D eigenvalue weighted by Crippen LogP contribution is -2.12. The third-order valence-corrected chi connectivity index (χ3v) is 3.18. The van der Waals surface area contributed by atoms with Gasteiger partial charge in [0.05, 0.1) is 7.11 Å². The largest absolute Gasteiger partial charge is 0.496 e. The van der Waals surface area contributed by atoms with Crippen molar-refractivity contribution in [2.45, 2.75) is 0 Å². The quantitative estimate of drug-likeness (QED) is 0.940. The molecule has 1 N–H and O–H groups in total. The van der Waals surface area contributed by atoms with Crippen LogP contribution in [-0.2, 0) is 0 Å². The molecule has 0 spiro atoms. The number of rotatable bonds is 4. The first kappa shape index (κ1) is 15.4. The highest BCUT2D eigenvalue weighted by atomic mass is 16.5. The number of nitriles is 1. The molecule has 1 heterocycles. The summed E-state index contributed by atoms with van der Waals surface area (Å²) in [5.74, 6) is 0.679. The molecule has 2 aromatic rings. The van der Waals surface area contributed by atoms with E-state index in [1.165, 1.54) is 0 Å². The number of ether oxygens (including phenoxy) is 1. The molecule has 112 valence electrons. The second-order valence-electron chi connectivity index (χ2n) is 4.91. The second-order valence-corrected chi connectivity index (χ2v) is 4.91. The predicted octanol–water partition coefficient (Wildman–Crippen LogP) is 2.45.